The molecule has 0 aliphatic carbocycles. The van der Waals surface area contributed by atoms with Gasteiger partial charge in [-0.05, 0) is 19.5 Å². The van der Waals surface area contributed by atoms with Crippen molar-refractivity contribution in [3.05, 3.63) is 28.5 Å². The Morgan fingerprint density at radius 3 is 2.42 bits per heavy atom. The van der Waals surface area contributed by atoms with E-state index in [0.717, 1.165) is 16.9 Å². The van der Waals surface area contributed by atoms with Crippen molar-refractivity contribution in [3.8, 4) is 10.8 Å². The molecule has 0 aromatic carbocycles. The minimum Gasteiger partial charge on any atom is -0.315 e. The maximum absolute atomic E-state index is 12.8. The number of thiazole rings is 1. The summed E-state index contributed by atoms with van der Waals surface area (Å²) in [7, 11) is 1.59. The molecule has 2 aromatic heterocycles. The Morgan fingerprint density at radius 2 is 1.89 bits per heavy atom. The standard InChI is InChI=1S/C11H11F3N4S/c1-6-3-16-9(17-4-6)10-18-8(11(12,13)14)7(19-10)5-15-2/h3-4,15H,5H2,1-2H3. The Morgan fingerprint density at radius 1 is 1.26 bits per heavy atom. The minimum absolute atomic E-state index is 0.109. The van der Waals surface area contributed by atoms with Crippen LogP contribution in [0.5, 0.6) is 0 Å². The zero-order valence-electron chi connectivity index (χ0n) is 10.2. The molecule has 0 atom stereocenters. The highest BCUT2D eigenvalue weighted by Gasteiger charge is 2.37. The van der Waals surface area contributed by atoms with E-state index in [1.165, 1.54) is 0 Å². The first kappa shape index (κ1) is 13.9. The average Bonchev–Trinajstić information content (AvgIpc) is 2.74. The number of hydrogen-bond donors (Lipinski definition) is 1. The first-order valence-electron chi connectivity index (χ1n) is 5.42. The summed E-state index contributed by atoms with van der Waals surface area (Å²) in [4.78, 5) is 11.8. The van der Waals surface area contributed by atoms with Crippen LogP contribution in [0.15, 0.2) is 12.4 Å². The molecule has 0 fully saturated rings. The fraction of sp³-hybridized carbons (Fsp3) is 0.364. The first-order valence-corrected chi connectivity index (χ1v) is 6.24. The van der Waals surface area contributed by atoms with Crippen molar-refractivity contribution in [2.24, 2.45) is 0 Å². The molecule has 0 saturated carbocycles. The summed E-state index contributed by atoms with van der Waals surface area (Å²) in [6.45, 7) is 1.91. The van der Waals surface area contributed by atoms with Gasteiger partial charge in [0.1, 0.15) is 0 Å². The van der Waals surface area contributed by atoms with Gasteiger partial charge in [0.25, 0.3) is 0 Å². The van der Waals surface area contributed by atoms with E-state index in [-0.39, 0.29) is 22.3 Å². The molecular formula is C11H11F3N4S. The van der Waals surface area contributed by atoms with Gasteiger partial charge in [-0.3, -0.25) is 0 Å². The maximum Gasteiger partial charge on any atom is 0.434 e. The number of alkyl halides is 3. The SMILES string of the molecule is CNCc1sc(-c2ncc(C)cn2)nc1C(F)(F)F. The molecule has 4 nitrogen and oxygen atoms in total. The van der Waals surface area contributed by atoms with E-state index in [1.54, 1.807) is 26.4 Å². The summed E-state index contributed by atoms with van der Waals surface area (Å²) in [6.07, 6.45) is -1.37. The third kappa shape index (κ3) is 3.07. The largest absolute Gasteiger partial charge is 0.434 e. The monoisotopic (exact) mass is 288 g/mol. The van der Waals surface area contributed by atoms with Gasteiger partial charge in [-0.25, -0.2) is 15.0 Å². The van der Waals surface area contributed by atoms with Crippen LogP contribution in [0.1, 0.15) is 16.1 Å². The van der Waals surface area contributed by atoms with Crippen molar-refractivity contribution in [1.82, 2.24) is 20.3 Å². The van der Waals surface area contributed by atoms with Crippen LogP contribution < -0.4 is 5.32 Å². The normalized spacial score (nSPS) is 11.8. The second kappa shape index (κ2) is 5.22. The van der Waals surface area contributed by atoms with Crippen molar-refractivity contribution >= 4 is 11.3 Å². The van der Waals surface area contributed by atoms with Crippen LogP contribution in [0.4, 0.5) is 13.2 Å². The molecule has 0 saturated heterocycles. The smallest absolute Gasteiger partial charge is 0.315 e. The van der Waals surface area contributed by atoms with Crippen molar-refractivity contribution in [2.75, 3.05) is 7.05 Å². The number of halogens is 3. The molecule has 19 heavy (non-hydrogen) atoms. The summed E-state index contributed by atoms with van der Waals surface area (Å²) in [5, 5.41) is 2.88. The third-order valence-electron chi connectivity index (χ3n) is 2.28. The Balaban J connectivity index is 2.45. The zero-order valence-corrected chi connectivity index (χ0v) is 11.1. The quantitative estimate of drug-likeness (QED) is 0.943. The Hall–Kier alpha value is -1.54. The van der Waals surface area contributed by atoms with Crippen LogP contribution in [0.25, 0.3) is 10.8 Å². The van der Waals surface area contributed by atoms with Gasteiger partial charge in [0.15, 0.2) is 16.5 Å². The Kier molecular flexibility index (Phi) is 3.81. The third-order valence-corrected chi connectivity index (χ3v) is 3.33. The van der Waals surface area contributed by atoms with Crippen molar-refractivity contribution in [3.63, 3.8) is 0 Å². The molecule has 0 spiro atoms. The number of aryl methyl sites for hydroxylation is 1. The van der Waals surface area contributed by atoms with Crippen LogP contribution in [0.2, 0.25) is 0 Å². The van der Waals surface area contributed by atoms with Gasteiger partial charge in [-0.2, -0.15) is 13.2 Å². The van der Waals surface area contributed by atoms with Gasteiger partial charge in [0.05, 0.1) is 4.88 Å². The summed E-state index contributed by atoms with van der Waals surface area (Å²) < 4.78 is 38.5. The van der Waals surface area contributed by atoms with Crippen LogP contribution in [0.3, 0.4) is 0 Å². The van der Waals surface area contributed by atoms with Crippen LogP contribution in [-0.2, 0) is 12.7 Å². The van der Waals surface area contributed by atoms with Crippen molar-refractivity contribution < 1.29 is 13.2 Å². The topological polar surface area (TPSA) is 50.7 Å². The van der Waals surface area contributed by atoms with Crippen LogP contribution in [-0.4, -0.2) is 22.0 Å². The van der Waals surface area contributed by atoms with Gasteiger partial charge < -0.3 is 5.32 Å². The molecule has 0 radical (unpaired) electrons. The molecule has 1 N–H and O–H groups in total. The lowest BCUT2D eigenvalue weighted by Crippen LogP contribution is -2.12. The predicted molar refractivity (Wildman–Crippen MR) is 65.6 cm³/mol. The second-order valence-corrected chi connectivity index (χ2v) is 4.99. The molecule has 0 aliphatic heterocycles. The fourth-order valence-corrected chi connectivity index (χ4v) is 2.49. The second-order valence-electron chi connectivity index (χ2n) is 3.90. The highest BCUT2D eigenvalue weighted by Crippen LogP contribution is 2.36. The summed E-state index contributed by atoms with van der Waals surface area (Å²) in [5.74, 6) is 0.212. The molecule has 102 valence electrons. The average molecular weight is 288 g/mol. The number of nitrogens with zero attached hydrogens (tertiary/aromatic N) is 3. The lowest BCUT2D eigenvalue weighted by Gasteiger charge is -2.04. The minimum atomic E-state index is -4.47. The van der Waals surface area contributed by atoms with E-state index in [4.69, 9.17) is 0 Å². The lowest BCUT2D eigenvalue weighted by atomic mass is 10.3. The lowest BCUT2D eigenvalue weighted by molar-refractivity contribution is -0.141. The maximum atomic E-state index is 12.8. The molecular weight excluding hydrogens is 277 g/mol. The number of rotatable bonds is 3. The van der Waals surface area contributed by atoms with E-state index >= 15 is 0 Å². The molecule has 0 bridgehead atoms. The van der Waals surface area contributed by atoms with Crippen molar-refractivity contribution in [2.45, 2.75) is 19.6 Å². The summed E-state index contributed by atoms with van der Waals surface area (Å²) in [6, 6.07) is 0. The molecule has 0 unspecified atom stereocenters. The number of nitrogens with one attached hydrogen (secondary N) is 1. The summed E-state index contributed by atoms with van der Waals surface area (Å²) in [5.41, 5.74) is -0.0298. The number of aromatic nitrogens is 3. The molecule has 8 heteroatoms. The van der Waals surface area contributed by atoms with Gasteiger partial charge in [0.2, 0.25) is 0 Å². The predicted octanol–water partition coefficient (Wildman–Crippen LogP) is 2.65. The molecule has 2 aromatic rings. The van der Waals surface area contributed by atoms with Gasteiger partial charge in [0, 0.05) is 18.9 Å². The molecule has 0 amide bonds. The van der Waals surface area contributed by atoms with E-state index in [0.29, 0.717) is 0 Å². The van der Waals surface area contributed by atoms with Crippen LogP contribution in [0, 0.1) is 6.92 Å². The summed E-state index contributed by atoms with van der Waals surface area (Å²) >= 11 is 0.951. The Labute approximate surface area is 111 Å². The van der Waals surface area contributed by atoms with E-state index < -0.39 is 11.9 Å². The van der Waals surface area contributed by atoms with E-state index in [9.17, 15) is 13.2 Å². The van der Waals surface area contributed by atoms with E-state index in [1.807, 2.05) is 0 Å². The van der Waals surface area contributed by atoms with Gasteiger partial charge >= 0.3 is 6.18 Å². The zero-order chi connectivity index (χ0) is 14.0. The fourth-order valence-electron chi connectivity index (χ4n) is 1.45. The van der Waals surface area contributed by atoms with Crippen molar-refractivity contribution in [1.29, 1.82) is 0 Å². The van der Waals surface area contributed by atoms with Gasteiger partial charge in [-0.15, -0.1) is 11.3 Å². The molecule has 2 rings (SSSR count). The number of hydrogen-bond acceptors (Lipinski definition) is 5. The Bertz CT molecular complexity index is 562. The molecule has 2 heterocycles. The highest BCUT2D eigenvalue weighted by atomic mass is 32.1. The first-order chi connectivity index (χ1) is 8.91. The van der Waals surface area contributed by atoms with E-state index in [2.05, 4.69) is 20.3 Å². The highest BCUT2D eigenvalue weighted by molar-refractivity contribution is 7.15. The van der Waals surface area contributed by atoms with Gasteiger partial charge in [-0.1, -0.05) is 0 Å². The van der Waals surface area contributed by atoms with Crippen LogP contribution >= 0.6 is 11.3 Å². The molecule has 0 aliphatic rings.